The standard InChI is InChI=1S/C14H22N2O3/c1-10(2)16(7-8-18-3)13-6-5-11(9-12(13)15)14(17)19-4/h5-6,9-10H,7-8,15H2,1-4H3. The molecule has 0 aliphatic carbocycles. The number of anilines is 2. The molecule has 0 radical (unpaired) electrons. The van der Waals surface area contributed by atoms with Gasteiger partial charge in [0.2, 0.25) is 0 Å². The molecule has 106 valence electrons. The van der Waals surface area contributed by atoms with E-state index in [9.17, 15) is 4.79 Å². The molecule has 2 N–H and O–H groups in total. The van der Waals surface area contributed by atoms with Crippen LogP contribution in [0.3, 0.4) is 0 Å². The van der Waals surface area contributed by atoms with Gasteiger partial charge in [0.05, 0.1) is 30.7 Å². The molecule has 0 atom stereocenters. The minimum Gasteiger partial charge on any atom is -0.465 e. The van der Waals surface area contributed by atoms with Crippen LogP contribution in [0.1, 0.15) is 24.2 Å². The van der Waals surface area contributed by atoms with E-state index in [2.05, 4.69) is 23.5 Å². The van der Waals surface area contributed by atoms with Crippen LogP contribution in [0, 0.1) is 0 Å². The smallest absolute Gasteiger partial charge is 0.337 e. The second-order valence-electron chi connectivity index (χ2n) is 4.55. The van der Waals surface area contributed by atoms with E-state index >= 15 is 0 Å². The zero-order chi connectivity index (χ0) is 14.4. The molecule has 0 aliphatic heterocycles. The van der Waals surface area contributed by atoms with Crippen LogP contribution in [0.2, 0.25) is 0 Å². The summed E-state index contributed by atoms with van der Waals surface area (Å²) in [6, 6.07) is 5.50. The normalized spacial score (nSPS) is 10.6. The van der Waals surface area contributed by atoms with Crippen molar-refractivity contribution in [3.05, 3.63) is 23.8 Å². The Morgan fingerprint density at radius 3 is 2.53 bits per heavy atom. The largest absolute Gasteiger partial charge is 0.465 e. The molecule has 0 amide bonds. The lowest BCUT2D eigenvalue weighted by Crippen LogP contribution is -2.34. The van der Waals surface area contributed by atoms with Crippen LogP contribution >= 0.6 is 0 Å². The van der Waals surface area contributed by atoms with Gasteiger partial charge < -0.3 is 20.1 Å². The van der Waals surface area contributed by atoms with E-state index in [0.717, 1.165) is 12.2 Å². The predicted octanol–water partition coefficient (Wildman–Crippen LogP) is 1.92. The number of nitrogens with two attached hydrogens (primary N) is 1. The monoisotopic (exact) mass is 266 g/mol. The van der Waals surface area contributed by atoms with E-state index in [0.29, 0.717) is 23.9 Å². The van der Waals surface area contributed by atoms with Crippen molar-refractivity contribution in [1.29, 1.82) is 0 Å². The average Bonchev–Trinajstić information content (AvgIpc) is 2.39. The fourth-order valence-electron chi connectivity index (χ4n) is 1.91. The Balaban J connectivity index is 3.01. The molecular formula is C14H22N2O3. The van der Waals surface area contributed by atoms with Crippen molar-refractivity contribution >= 4 is 17.3 Å². The Labute approximate surface area is 114 Å². The Bertz CT molecular complexity index is 433. The number of rotatable bonds is 6. The van der Waals surface area contributed by atoms with Crippen LogP contribution in [0.15, 0.2) is 18.2 Å². The topological polar surface area (TPSA) is 64.8 Å². The van der Waals surface area contributed by atoms with Crippen LogP contribution in [-0.4, -0.2) is 39.4 Å². The second kappa shape index (κ2) is 6.99. The molecule has 1 aromatic carbocycles. The summed E-state index contributed by atoms with van der Waals surface area (Å²) in [5.41, 5.74) is 7.96. The minimum absolute atomic E-state index is 0.293. The first-order valence-corrected chi connectivity index (χ1v) is 6.24. The Morgan fingerprint density at radius 2 is 2.05 bits per heavy atom. The van der Waals surface area contributed by atoms with Gasteiger partial charge in [0.1, 0.15) is 0 Å². The number of carbonyl (C=O) groups excluding carboxylic acids is 1. The fourth-order valence-corrected chi connectivity index (χ4v) is 1.91. The van der Waals surface area contributed by atoms with Crippen LogP contribution in [0.25, 0.3) is 0 Å². The number of hydrogen-bond donors (Lipinski definition) is 1. The zero-order valence-electron chi connectivity index (χ0n) is 12.0. The van der Waals surface area contributed by atoms with Crippen LogP contribution in [0.5, 0.6) is 0 Å². The van der Waals surface area contributed by atoms with Crippen molar-refractivity contribution in [2.45, 2.75) is 19.9 Å². The highest BCUT2D eigenvalue weighted by Crippen LogP contribution is 2.26. The maximum Gasteiger partial charge on any atom is 0.337 e. The summed E-state index contributed by atoms with van der Waals surface area (Å²) in [6.07, 6.45) is 0. The number of esters is 1. The van der Waals surface area contributed by atoms with Gasteiger partial charge in [-0.2, -0.15) is 0 Å². The Kier molecular flexibility index (Phi) is 5.63. The number of benzene rings is 1. The minimum atomic E-state index is -0.383. The first kappa shape index (κ1) is 15.3. The first-order chi connectivity index (χ1) is 9.01. The molecule has 0 saturated heterocycles. The van der Waals surface area contributed by atoms with E-state index in [4.69, 9.17) is 10.5 Å². The lowest BCUT2D eigenvalue weighted by molar-refractivity contribution is 0.0601. The SMILES string of the molecule is COCCN(c1ccc(C(=O)OC)cc1N)C(C)C. The van der Waals surface area contributed by atoms with Gasteiger partial charge in [0.15, 0.2) is 0 Å². The summed E-state index contributed by atoms with van der Waals surface area (Å²) in [6.45, 7) is 5.54. The van der Waals surface area contributed by atoms with Crippen LogP contribution in [-0.2, 0) is 9.47 Å². The summed E-state index contributed by atoms with van der Waals surface area (Å²) in [4.78, 5) is 13.6. The van der Waals surface area contributed by atoms with Crippen molar-refractivity contribution < 1.29 is 14.3 Å². The van der Waals surface area contributed by atoms with Gasteiger partial charge in [0.25, 0.3) is 0 Å². The van der Waals surface area contributed by atoms with Crippen molar-refractivity contribution in [3.8, 4) is 0 Å². The molecule has 19 heavy (non-hydrogen) atoms. The van der Waals surface area contributed by atoms with Gasteiger partial charge in [-0.25, -0.2) is 4.79 Å². The number of carbonyl (C=O) groups is 1. The van der Waals surface area contributed by atoms with Gasteiger partial charge >= 0.3 is 5.97 Å². The second-order valence-corrected chi connectivity index (χ2v) is 4.55. The Morgan fingerprint density at radius 1 is 1.37 bits per heavy atom. The molecule has 0 aromatic heterocycles. The van der Waals surface area contributed by atoms with Crippen molar-refractivity contribution in [2.75, 3.05) is 38.0 Å². The number of nitrogen functional groups attached to an aromatic ring is 1. The number of nitrogens with zero attached hydrogens (tertiary/aromatic N) is 1. The van der Waals surface area contributed by atoms with Gasteiger partial charge in [-0.05, 0) is 32.0 Å². The van der Waals surface area contributed by atoms with Crippen molar-refractivity contribution in [2.24, 2.45) is 0 Å². The lowest BCUT2D eigenvalue weighted by atomic mass is 10.1. The molecule has 0 spiro atoms. The molecule has 0 bridgehead atoms. The lowest BCUT2D eigenvalue weighted by Gasteiger charge is -2.30. The van der Waals surface area contributed by atoms with E-state index in [1.165, 1.54) is 7.11 Å². The van der Waals surface area contributed by atoms with E-state index in [-0.39, 0.29) is 5.97 Å². The molecule has 0 saturated carbocycles. The van der Waals surface area contributed by atoms with Crippen LogP contribution in [0.4, 0.5) is 11.4 Å². The summed E-state index contributed by atoms with van der Waals surface area (Å²) in [5, 5.41) is 0. The highest BCUT2D eigenvalue weighted by molar-refractivity contribution is 5.92. The highest BCUT2D eigenvalue weighted by atomic mass is 16.5. The summed E-state index contributed by atoms with van der Waals surface area (Å²) >= 11 is 0. The van der Waals surface area contributed by atoms with Gasteiger partial charge in [-0.15, -0.1) is 0 Å². The summed E-state index contributed by atoms with van der Waals surface area (Å²) < 4.78 is 9.78. The zero-order valence-corrected chi connectivity index (χ0v) is 12.0. The maximum absolute atomic E-state index is 11.4. The molecule has 5 heteroatoms. The van der Waals surface area contributed by atoms with Crippen molar-refractivity contribution in [1.82, 2.24) is 0 Å². The maximum atomic E-state index is 11.4. The average molecular weight is 266 g/mol. The third-order valence-electron chi connectivity index (χ3n) is 2.92. The molecule has 0 heterocycles. The molecule has 1 rings (SSSR count). The van der Waals surface area contributed by atoms with Gasteiger partial charge in [0, 0.05) is 19.7 Å². The molecule has 0 aliphatic rings. The Hall–Kier alpha value is -1.75. The van der Waals surface area contributed by atoms with E-state index in [1.54, 1.807) is 19.2 Å². The van der Waals surface area contributed by atoms with Gasteiger partial charge in [-0.1, -0.05) is 0 Å². The van der Waals surface area contributed by atoms with Gasteiger partial charge in [-0.3, -0.25) is 0 Å². The summed E-state index contributed by atoms with van der Waals surface area (Å²) in [5.74, 6) is -0.383. The third-order valence-corrected chi connectivity index (χ3v) is 2.92. The number of methoxy groups -OCH3 is 2. The number of ether oxygens (including phenoxy) is 2. The summed E-state index contributed by atoms with van der Waals surface area (Å²) in [7, 11) is 3.02. The van der Waals surface area contributed by atoms with E-state index in [1.807, 2.05) is 6.07 Å². The van der Waals surface area contributed by atoms with Crippen LogP contribution < -0.4 is 10.6 Å². The fraction of sp³-hybridized carbons (Fsp3) is 0.500. The molecule has 0 fully saturated rings. The molecular weight excluding hydrogens is 244 g/mol. The predicted molar refractivity (Wildman–Crippen MR) is 76.6 cm³/mol. The number of hydrogen-bond acceptors (Lipinski definition) is 5. The third kappa shape index (κ3) is 3.86. The highest BCUT2D eigenvalue weighted by Gasteiger charge is 2.15. The quantitative estimate of drug-likeness (QED) is 0.629. The molecule has 0 unspecified atom stereocenters. The molecule has 1 aromatic rings. The van der Waals surface area contributed by atoms with E-state index < -0.39 is 0 Å². The molecule has 5 nitrogen and oxygen atoms in total. The first-order valence-electron chi connectivity index (χ1n) is 6.24. The van der Waals surface area contributed by atoms with Crippen molar-refractivity contribution in [3.63, 3.8) is 0 Å².